The molecule has 5 rings (SSSR count). The van der Waals surface area contributed by atoms with Gasteiger partial charge in [-0.05, 0) is 49.8 Å². The molecule has 7 nitrogen and oxygen atoms in total. The molecule has 0 radical (unpaired) electrons. The van der Waals surface area contributed by atoms with Crippen LogP contribution < -0.4 is 5.32 Å². The fourth-order valence-electron chi connectivity index (χ4n) is 5.35. The summed E-state index contributed by atoms with van der Waals surface area (Å²) in [7, 11) is 0. The molecule has 31 heavy (non-hydrogen) atoms. The van der Waals surface area contributed by atoms with Crippen LogP contribution in [-0.2, 0) is 12.0 Å². The number of carbonyl (C=O) groups is 1. The summed E-state index contributed by atoms with van der Waals surface area (Å²) in [5, 5.41) is 7.29. The summed E-state index contributed by atoms with van der Waals surface area (Å²) in [5.74, 6) is 1.60. The van der Waals surface area contributed by atoms with Crippen LogP contribution in [0.2, 0.25) is 0 Å². The third-order valence-electron chi connectivity index (χ3n) is 6.71. The highest BCUT2D eigenvalue weighted by Crippen LogP contribution is 2.50. The first-order valence-electron chi connectivity index (χ1n) is 10.8. The van der Waals surface area contributed by atoms with E-state index in [2.05, 4.69) is 49.6 Å². The van der Waals surface area contributed by atoms with Gasteiger partial charge in [-0.15, -0.1) is 0 Å². The van der Waals surface area contributed by atoms with Crippen molar-refractivity contribution in [1.29, 1.82) is 0 Å². The highest BCUT2D eigenvalue weighted by Gasteiger charge is 2.57. The molecule has 1 aromatic carbocycles. The lowest BCUT2D eigenvalue weighted by Crippen LogP contribution is -2.38. The topological polar surface area (TPSA) is 84.2 Å². The van der Waals surface area contributed by atoms with Crippen LogP contribution in [-0.4, -0.2) is 45.1 Å². The minimum Gasteiger partial charge on any atom is -0.348 e. The van der Waals surface area contributed by atoms with E-state index >= 15 is 0 Å². The van der Waals surface area contributed by atoms with Gasteiger partial charge in [0, 0.05) is 31.9 Å². The molecular weight excluding hydrogens is 390 g/mol. The van der Waals surface area contributed by atoms with Gasteiger partial charge in [-0.2, -0.15) is 4.98 Å². The van der Waals surface area contributed by atoms with Gasteiger partial charge < -0.3 is 9.84 Å². The number of aromatic nitrogens is 3. The van der Waals surface area contributed by atoms with Crippen LogP contribution in [0.15, 0.2) is 53.2 Å². The number of nitrogens with zero attached hydrogens (tertiary/aromatic N) is 4. The predicted octanol–water partition coefficient (Wildman–Crippen LogP) is 3.04. The van der Waals surface area contributed by atoms with E-state index in [4.69, 9.17) is 4.52 Å². The molecule has 1 amide bonds. The van der Waals surface area contributed by atoms with Crippen molar-refractivity contribution >= 4 is 5.91 Å². The number of pyridine rings is 1. The van der Waals surface area contributed by atoms with Gasteiger partial charge in [0.15, 0.2) is 5.82 Å². The Morgan fingerprint density at radius 2 is 2.06 bits per heavy atom. The molecule has 160 valence electrons. The molecule has 1 aliphatic heterocycles. The molecule has 3 atom stereocenters. The largest absolute Gasteiger partial charge is 0.348 e. The van der Waals surface area contributed by atoms with Gasteiger partial charge in [-0.1, -0.05) is 41.6 Å². The van der Waals surface area contributed by atoms with Gasteiger partial charge in [0.05, 0.1) is 5.41 Å². The smallest absolute Gasteiger partial charge is 0.270 e. The standard InChI is InChI=1S/C24H27N5O2/c1-16-7-6-10-25-21(16)22(30)27-20-11-19-14-29(13-18-8-4-3-5-9-18)15-24(19,12-20)23-26-17(2)28-31-23/h3-10,19-20H,11-15H2,1-2H3,(H,27,30)/t19-,20+,24-/m0/s1. The third-order valence-corrected chi connectivity index (χ3v) is 6.71. The number of benzene rings is 1. The summed E-state index contributed by atoms with van der Waals surface area (Å²) in [5.41, 5.74) is 2.45. The Kier molecular flexibility index (Phi) is 5.06. The zero-order chi connectivity index (χ0) is 21.4. The van der Waals surface area contributed by atoms with Crippen LogP contribution in [0.5, 0.6) is 0 Å². The van der Waals surface area contributed by atoms with Crippen LogP contribution in [0.25, 0.3) is 0 Å². The number of nitrogens with one attached hydrogen (secondary N) is 1. The summed E-state index contributed by atoms with van der Waals surface area (Å²) in [6.45, 7) is 6.47. The van der Waals surface area contributed by atoms with E-state index in [1.165, 1.54) is 5.56 Å². The lowest BCUT2D eigenvalue weighted by molar-refractivity contribution is 0.0928. The van der Waals surface area contributed by atoms with Crippen molar-refractivity contribution in [2.45, 2.75) is 44.7 Å². The molecule has 1 saturated carbocycles. The van der Waals surface area contributed by atoms with Crippen molar-refractivity contribution in [1.82, 2.24) is 25.3 Å². The highest BCUT2D eigenvalue weighted by atomic mass is 16.5. The number of rotatable bonds is 5. The Morgan fingerprint density at radius 3 is 2.81 bits per heavy atom. The Balaban J connectivity index is 1.36. The van der Waals surface area contributed by atoms with Crippen molar-refractivity contribution in [3.8, 4) is 0 Å². The molecule has 1 N–H and O–H groups in total. The van der Waals surface area contributed by atoms with Crippen molar-refractivity contribution in [2.24, 2.45) is 5.92 Å². The van der Waals surface area contributed by atoms with Gasteiger partial charge in [-0.25, -0.2) is 0 Å². The summed E-state index contributed by atoms with van der Waals surface area (Å²) >= 11 is 0. The van der Waals surface area contributed by atoms with Crippen LogP contribution in [0.4, 0.5) is 0 Å². The Bertz CT molecular complexity index is 1080. The maximum absolute atomic E-state index is 12.9. The number of fused-ring (bicyclic) bond motifs is 1. The zero-order valence-corrected chi connectivity index (χ0v) is 17.9. The molecule has 1 saturated heterocycles. The quantitative estimate of drug-likeness (QED) is 0.687. The number of aryl methyl sites for hydroxylation is 2. The summed E-state index contributed by atoms with van der Waals surface area (Å²) in [6, 6.07) is 14.3. The molecule has 0 spiro atoms. The fourth-order valence-corrected chi connectivity index (χ4v) is 5.35. The van der Waals surface area contributed by atoms with E-state index in [1.807, 2.05) is 32.0 Å². The SMILES string of the molecule is Cc1noc([C@]23C[C@H](NC(=O)c4ncccc4C)C[C@H]2CN(Cc2ccccc2)C3)n1. The maximum Gasteiger partial charge on any atom is 0.270 e. The second-order valence-electron chi connectivity index (χ2n) is 8.93. The molecule has 1 aliphatic carbocycles. The van der Waals surface area contributed by atoms with Crippen LogP contribution in [0.3, 0.4) is 0 Å². The minimum atomic E-state index is -0.229. The average Bonchev–Trinajstić information content (AvgIpc) is 3.42. The maximum atomic E-state index is 12.9. The first kappa shape index (κ1) is 19.9. The number of hydrogen-bond acceptors (Lipinski definition) is 6. The van der Waals surface area contributed by atoms with E-state index in [9.17, 15) is 4.79 Å². The lowest BCUT2D eigenvalue weighted by Gasteiger charge is -2.25. The van der Waals surface area contributed by atoms with E-state index in [0.717, 1.165) is 38.0 Å². The summed E-state index contributed by atoms with van der Waals surface area (Å²) in [4.78, 5) is 24.2. The first-order valence-corrected chi connectivity index (χ1v) is 10.8. The molecular formula is C24H27N5O2. The Morgan fingerprint density at radius 1 is 1.23 bits per heavy atom. The predicted molar refractivity (Wildman–Crippen MR) is 115 cm³/mol. The van der Waals surface area contributed by atoms with Crippen LogP contribution in [0.1, 0.15) is 46.2 Å². The molecule has 0 bridgehead atoms. The van der Waals surface area contributed by atoms with Crippen molar-refractivity contribution in [3.63, 3.8) is 0 Å². The van der Waals surface area contributed by atoms with Crippen molar-refractivity contribution < 1.29 is 9.32 Å². The van der Waals surface area contributed by atoms with Gasteiger partial charge in [-0.3, -0.25) is 14.7 Å². The lowest BCUT2D eigenvalue weighted by atomic mass is 9.80. The highest BCUT2D eigenvalue weighted by molar-refractivity contribution is 5.93. The third kappa shape index (κ3) is 3.74. The molecule has 0 unspecified atom stereocenters. The summed E-state index contributed by atoms with van der Waals surface area (Å²) < 4.78 is 5.70. The van der Waals surface area contributed by atoms with Crippen LogP contribution in [0, 0.1) is 19.8 Å². The molecule has 3 aromatic rings. The minimum absolute atomic E-state index is 0.0602. The van der Waals surface area contributed by atoms with E-state index in [0.29, 0.717) is 23.3 Å². The van der Waals surface area contributed by atoms with E-state index in [1.54, 1.807) is 6.20 Å². The van der Waals surface area contributed by atoms with Crippen molar-refractivity contribution in [3.05, 3.63) is 77.2 Å². The Hall–Kier alpha value is -3.06. The number of amides is 1. The molecule has 2 aliphatic rings. The monoisotopic (exact) mass is 417 g/mol. The molecule has 3 heterocycles. The number of carbonyl (C=O) groups excluding carboxylic acids is 1. The summed E-state index contributed by atoms with van der Waals surface area (Å²) in [6.07, 6.45) is 3.35. The van der Waals surface area contributed by atoms with Crippen molar-refractivity contribution in [2.75, 3.05) is 13.1 Å². The Labute approximate surface area is 181 Å². The molecule has 2 fully saturated rings. The molecule has 7 heteroatoms. The average molecular weight is 418 g/mol. The van der Waals surface area contributed by atoms with Crippen LogP contribution >= 0.6 is 0 Å². The second kappa shape index (κ2) is 7.89. The van der Waals surface area contributed by atoms with Gasteiger partial charge in [0.2, 0.25) is 5.89 Å². The van der Waals surface area contributed by atoms with Gasteiger partial charge in [0.1, 0.15) is 5.69 Å². The first-order chi connectivity index (χ1) is 15.0. The van der Waals surface area contributed by atoms with E-state index in [-0.39, 0.29) is 17.4 Å². The second-order valence-corrected chi connectivity index (χ2v) is 8.93. The molecule has 2 aromatic heterocycles. The normalized spacial score (nSPS) is 25.5. The number of hydrogen-bond donors (Lipinski definition) is 1. The van der Waals surface area contributed by atoms with E-state index < -0.39 is 0 Å². The zero-order valence-electron chi connectivity index (χ0n) is 17.9. The number of likely N-dealkylation sites (tertiary alicyclic amines) is 1. The fraction of sp³-hybridized carbons (Fsp3) is 0.417. The van der Waals surface area contributed by atoms with Gasteiger partial charge >= 0.3 is 0 Å². The van der Waals surface area contributed by atoms with Gasteiger partial charge in [0.25, 0.3) is 5.91 Å².